The lowest BCUT2D eigenvalue weighted by Gasteiger charge is -2.11. The highest BCUT2D eigenvalue weighted by Gasteiger charge is 2.20. The Bertz CT molecular complexity index is 807. The molecular formula is C16H19N3O4S. The van der Waals surface area contributed by atoms with Crippen LogP contribution in [0.2, 0.25) is 0 Å². The molecule has 2 rings (SSSR count). The summed E-state index contributed by atoms with van der Waals surface area (Å²) in [6, 6.07) is 10.2. The molecule has 0 bridgehead atoms. The van der Waals surface area contributed by atoms with Crippen molar-refractivity contribution in [3.8, 4) is 5.75 Å². The molecule has 0 aliphatic heterocycles. The molecule has 1 aromatic heterocycles. The lowest BCUT2D eigenvalue weighted by molar-refractivity contribution is -0.120. The first-order valence-electron chi connectivity index (χ1n) is 7.23. The van der Waals surface area contributed by atoms with Crippen LogP contribution in [0.15, 0.2) is 47.5 Å². The Balaban J connectivity index is 1.97. The summed E-state index contributed by atoms with van der Waals surface area (Å²) < 4.78 is 32.1. The second-order valence-corrected chi connectivity index (χ2v) is 6.81. The van der Waals surface area contributed by atoms with Crippen LogP contribution >= 0.6 is 0 Å². The number of hydrogen-bond donors (Lipinski definition) is 2. The topological polar surface area (TPSA) is 97.4 Å². The fourth-order valence-corrected chi connectivity index (χ4v) is 3.22. The zero-order valence-electron chi connectivity index (χ0n) is 13.4. The average Bonchev–Trinajstić information content (AvgIpc) is 2.59. The summed E-state index contributed by atoms with van der Waals surface area (Å²) >= 11 is 0. The Morgan fingerprint density at radius 3 is 2.71 bits per heavy atom. The first-order valence-corrected chi connectivity index (χ1v) is 8.71. The Hall–Kier alpha value is -2.45. The Morgan fingerprint density at radius 1 is 1.25 bits per heavy atom. The molecule has 8 heteroatoms. The van der Waals surface area contributed by atoms with Gasteiger partial charge >= 0.3 is 0 Å². The Morgan fingerprint density at radius 2 is 2.04 bits per heavy atom. The van der Waals surface area contributed by atoms with E-state index in [9.17, 15) is 13.2 Å². The van der Waals surface area contributed by atoms with Crippen LogP contribution in [0.25, 0.3) is 0 Å². The number of nitrogens with zero attached hydrogens (tertiary/aromatic N) is 1. The summed E-state index contributed by atoms with van der Waals surface area (Å²) in [6.07, 6.45) is 1.62. The second kappa shape index (κ2) is 7.89. The van der Waals surface area contributed by atoms with Crippen molar-refractivity contribution >= 4 is 15.9 Å². The second-order valence-electron chi connectivity index (χ2n) is 5.08. The van der Waals surface area contributed by atoms with Gasteiger partial charge in [0.2, 0.25) is 15.9 Å². The fraction of sp³-hybridized carbons (Fsp3) is 0.250. The molecule has 0 spiro atoms. The van der Waals surface area contributed by atoms with E-state index in [2.05, 4.69) is 15.0 Å². The number of carbonyl (C=O) groups is 1. The molecule has 0 aliphatic rings. The number of amides is 1. The van der Waals surface area contributed by atoms with Gasteiger partial charge in [0.1, 0.15) is 10.6 Å². The van der Waals surface area contributed by atoms with E-state index in [1.807, 2.05) is 0 Å². The third-order valence-electron chi connectivity index (χ3n) is 3.22. The molecule has 0 saturated carbocycles. The van der Waals surface area contributed by atoms with Crippen LogP contribution in [0.5, 0.6) is 5.75 Å². The van der Waals surface area contributed by atoms with Crippen molar-refractivity contribution in [3.05, 3.63) is 53.9 Å². The predicted molar refractivity (Wildman–Crippen MR) is 89.0 cm³/mol. The molecule has 2 aromatic rings. The van der Waals surface area contributed by atoms with Crippen molar-refractivity contribution < 1.29 is 17.9 Å². The molecule has 128 valence electrons. The van der Waals surface area contributed by atoms with Crippen molar-refractivity contribution in [2.24, 2.45) is 0 Å². The van der Waals surface area contributed by atoms with Gasteiger partial charge in [0, 0.05) is 6.20 Å². The van der Waals surface area contributed by atoms with Crippen molar-refractivity contribution in [1.29, 1.82) is 0 Å². The predicted octanol–water partition coefficient (Wildman–Crippen LogP) is 0.993. The Kier molecular flexibility index (Phi) is 5.88. The number of rotatable bonds is 7. The van der Waals surface area contributed by atoms with Gasteiger partial charge in [0.25, 0.3) is 0 Å². The van der Waals surface area contributed by atoms with E-state index in [1.165, 1.54) is 13.2 Å². The summed E-state index contributed by atoms with van der Waals surface area (Å²) in [5.41, 5.74) is 1.46. The zero-order valence-corrected chi connectivity index (χ0v) is 14.3. The quantitative estimate of drug-likeness (QED) is 0.777. The zero-order chi connectivity index (χ0) is 17.6. The third kappa shape index (κ3) is 4.77. The van der Waals surface area contributed by atoms with E-state index in [0.29, 0.717) is 5.69 Å². The van der Waals surface area contributed by atoms with Crippen LogP contribution in [0.1, 0.15) is 11.3 Å². The van der Waals surface area contributed by atoms with Crippen molar-refractivity contribution in [3.63, 3.8) is 0 Å². The number of benzene rings is 1. The largest absolute Gasteiger partial charge is 0.495 e. The maximum atomic E-state index is 12.4. The highest BCUT2D eigenvalue weighted by molar-refractivity contribution is 7.89. The minimum atomic E-state index is -3.86. The van der Waals surface area contributed by atoms with Gasteiger partial charge in [-0.05, 0) is 36.8 Å². The van der Waals surface area contributed by atoms with Gasteiger partial charge in [-0.15, -0.1) is 0 Å². The van der Waals surface area contributed by atoms with Crippen molar-refractivity contribution in [1.82, 2.24) is 15.0 Å². The third-order valence-corrected chi connectivity index (χ3v) is 4.65. The molecule has 1 heterocycles. The van der Waals surface area contributed by atoms with Gasteiger partial charge in [-0.2, -0.15) is 0 Å². The van der Waals surface area contributed by atoms with Crippen molar-refractivity contribution in [2.45, 2.75) is 18.4 Å². The summed E-state index contributed by atoms with van der Waals surface area (Å²) in [6.45, 7) is 1.64. The number of pyridine rings is 1. The number of aryl methyl sites for hydroxylation is 1. The van der Waals surface area contributed by atoms with E-state index in [0.717, 1.165) is 5.56 Å². The molecule has 24 heavy (non-hydrogen) atoms. The van der Waals surface area contributed by atoms with Crippen LogP contribution in [-0.2, 0) is 21.4 Å². The lowest BCUT2D eigenvalue weighted by atomic mass is 10.2. The fourth-order valence-electron chi connectivity index (χ4n) is 1.99. The highest BCUT2D eigenvalue weighted by atomic mass is 32.2. The number of ether oxygens (including phenoxy) is 1. The number of nitrogens with one attached hydrogen (secondary N) is 2. The number of aromatic nitrogens is 1. The molecular weight excluding hydrogens is 330 g/mol. The first kappa shape index (κ1) is 17.9. The van der Waals surface area contributed by atoms with E-state index in [4.69, 9.17) is 4.74 Å². The maximum absolute atomic E-state index is 12.4. The van der Waals surface area contributed by atoms with E-state index in [1.54, 1.807) is 43.5 Å². The molecule has 2 N–H and O–H groups in total. The van der Waals surface area contributed by atoms with Crippen LogP contribution in [0.4, 0.5) is 0 Å². The molecule has 1 aromatic carbocycles. The summed E-state index contributed by atoms with van der Waals surface area (Å²) in [5.74, 6) is -0.224. The van der Waals surface area contributed by atoms with Gasteiger partial charge in [0.15, 0.2) is 0 Å². The van der Waals surface area contributed by atoms with Gasteiger partial charge < -0.3 is 10.1 Å². The molecule has 7 nitrogen and oxygen atoms in total. The Labute approximate surface area is 141 Å². The number of sulfonamides is 1. The molecule has 0 unspecified atom stereocenters. The first-order chi connectivity index (χ1) is 11.4. The lowest BCUT2D eigenvalue weighted by Crippen LogP contribution is -2.36. The smallest absolute Gasteiger partial charge is 0.244 e. The molecule has 0 atom stereocenters. The van der Waals surface area contributed by atoms with Gasteiger partial charge in [-0.25, -0.2) is 13.1 Å². The van der Waals surface area contributed by atoms with Crippen LogP contribution in [-0.4, -0.2) is 33.0 Å². The van der Waals surface area contributed by atoms with Gasteiger partial charge in [-0.3, -0.25) is 9.78 Å². The number of methoxy groups -OCH3 is 1. The van der Waals surface area contributed by atoms with E-state index >= 15 is 0 Å². The highest BCUT2D eigenvalue weighted by Crippen LogP contribution is 2.24. The van der Waals surface area contributed by atoms with Gasteiger partial charge in [-0.1, -0.05) is 12.1 Å². The molecule has 0 radical (unpaired) electrons. The summed E-state index contributed by atoms with van der Waals surface area (Å²) in [4.78, 5) is 15.9. The van der Waals surface area contributed by atoms with Crippen LogP contribution < -0.4 is 14.8 Å². The summed E-state index contributed by atoms with van der Waals surface area (Å²) in [7, 11) is -2.46. The van der Waals surface area contributed by atoms with Crippen LogP contribution in [0.3, 0.4) is 0 Å². The standard InChI is InChI=1S/C16H19N3O4S/c1-12-6-7-14(23-2)15(9-12)24(21,22)19-11-16(20)18-10-13-5-3-4-8-17-13/h3-9,19H,10-11H2,1-2H3,(H,18,20). The monoisotopic (exact) mass is 349 g/mol. The SMILES string of the molecule is COc1ccc(C)cc1S(=O)(=O)NCC(=O)NCc1ccccn1. The minimum absolute atomic E-state index is 0.00234. The van der Waals surface area contributed by atoms with Crippen molar-refractivity contribution in [2.75, 3.05) is 13.7 Å². The van der Waals surface area contributed by atoms with E-state index < -0.39 is 15.9 Å². The summed E-state index contributed by atoms with van der Waals surface area (Å²) in [5, 5.41) is 2.60. The average molecular weight is 349 g/mol. The van der Waals surface area contributed by atoms with E-state index in [-0.39, 0.29) is 23.7 Å². The van der Waals surface area contributed by atoms with Crippen LogP contribution in [0, 0.1) is 6.92 Å². The molecule has 0 fully saturated rings. The molecule has 1 amide bonds. The molecule has 0 saturated heterocycles. The normalized spacial score (nSPS) is 11.1. The number of hydrogen-bond acceptors (Lipinski definition) is 5. The maximum Gasteiger partial charge on any atom is 0.244 e. The molecule has 0 aliphatic carbocycles. The number of carbonyl (C=O) groups excluding carboxylic acids is 1. The van der Waals surface area contributed by atoms with Gasteiger partial charge in [0.05, 0.1) is 25.9 Å². The minimum Gasteiger partial charge on any atom is -0.495 e.